The zero-order valence-corrected chi connectivity index (χ0v) is 12.8. The van der Waals surface area contributed by atoms with Gasteiger partial charge in [0.2, 0.25) is 11.0 Å². The van der Waals surface area contributed by atoms with Crippen LogP contribution in [0.15, 0.2) is 24.3 Å². The van der Waals surface area contributed by atoms with E-state index in [1.165, 1.54) is 11.3 Å². The van der Waals surface area contributed by atoms with Crippen molar-refractivity contribution in [2.45, 2.75) is 26.3 Å². The number of hydrogen-bond donors (Lipinski definition) is 2. The molecule has 0 bridgehead atoms. The van der Waals surface area contributed by atoms with E-state index < -0.39 is 0 Å². The molecule has 0 aliphatic carbocycles. The highest BCUT2D eigenvalue weighted by atomic mass is 32.1. The van der Waals surface area contributed by atoms with Crippen LogP contribution in [0, 0.1) is 0 Å². The number of nitrogen functional groups attached to an aromatic ring is 1. The molecule has 0 saturated heterocycles. The fraction of sp³-hybridized carbons (Fsp3) is 0.357. The van der Waals surface area contributed by atoms with Gasteiger partial charge >= 0.3 is 0 Å². The number of rotatable bonds is 6. The quantitative estimate of drug-likeness (QED) is 0.851. The molecule has 1 heterocycles. The first kappa shape index (κ1) is 15.2. The summed E-state index contributed by atoms with van der Waals surface area (Å²) in [5.41, 5.74) is 6.46. The molecule has 2 rings (SSSR count). The fourth-order valence-electron chi connectivity index (χ4n) is 1.83. The molecule has 2 aromatic rings. The van der Waals surface area contributed by atoms with Crippen LogP contribution in [0.25, 0.3) is 0 Å². The summed E-state index contributed by atoms with van der Waals surface area (Å²) in [5.74, 6) is 0.736. The van der Waals surface area contributed by atoms with Gasteiger partial charge < -0.3 is 15.8 Å². The third-order valence-corrected chi connectivity index (χ3v) is 3.74. The molecule has 0 unspecified atom stereocenters. The predicted molar refractivity (Wildman–Crippen MR) is 82.2 cm³/mol. The molecule has 7 heteroatoms. The highest BCUT2D eigenvalue weighted by molar-refractivity contribution is 7.15. The van der Waals surface area contributed by atoms with E-state index in [0.717, 1.165) is 11.3 Å². The summed E-state index contributed by atoms with van der Waals surface area (Å²) in [6.07, 6.45) is 0.311. The van der Waals surface area contributed by atoms with E-state index in [0.29, 0.717) is 23.2 Å². The summed E-state index contributed by atoms with van der Waals surface area (Å²) >= 11 is 1.28. The van der Waals surface area contributed by atoms with Gasteiger partial charge in [0.25, 0.3) is 0 Å². The molecule has 112 valence electrons. The van der Waals surface area contributed by atoms with E-state index in [1.807, 2.05) is 38.1 Å². The van der Waals surface area contributed by atoms with E-state index in [9.17, 15) is 4.79 Å². The summed E-state index contributed by atoms with van der Waals surface area (Å²) < 4.78 is 5.36. The van der Waals surface area contributed by atoms with E-state index in [1.54, 1.807) is 0 Å². The second-order valence-electron chi connectivity index (χ2n) is 4.52. The first-order valence-electron chi connectivity index (χ1n) is 6.68. The van der Waals surface area contributed by atoms with Gasteiger partial charge in [0.15, 0.2) is 0 Å². The van der Waals surface area contributed by atoms with Gasteiger partial charge in [-0.15, -0.1) is 10.2 Å². The van der Waals surface area contributed by atoms with Gasteiger partial charge in [-0.25, -0.2) is 0 Å². The Balaban J connectivity index is 1.89. The van der Waals surface area contributed by atoms with Crippen molar-refractivity contribution >= 4 is 22.4 Å². The molecule has 0 aliphatic heterocycles. The number of carbonyl (C=O) groups is 1. The summed E-state index contributed by atoms with van der Waals surface area (Å²) in [6.45, 7) is 4.42. The van der Waals surface area contributed by atoms with Crippen LogP contribution in [0.1, 0.15) is 30.5 Å². The Bertz CT molecular complexity index is 597. The average Bonchev–Trinajstić information content (AvgIpc) is 2.88. The smallest absolute Gasteiger partial charge is 0.224 e. The van der Waals surface area contributed by atoms with Crippen LogP contribution in [-0.2, 0) is 11.2 Å². The molecule has 1 aromatic heterocycles. The largest absolute Gasteiger partial charge is 0.494 e. The molecule has 0 fully saturated rings. The van der Waals surface area contributed by atoms with Crippen molar-refractivity contribution in [2.75, 3.05) is 12.3 Å². The van der Waals surface area contributed by atoms with Gasteiger partial charge in [0.05, 0.1) is 19.1 Å². The van der Waals surface area contributed by atoms with Crippen molar-refractivity contribution in [2.24, 2.45) is 0 Å². The number of aromatic nitrogens is 2. The minimum Gasteiger partial charge on any atom is -0.494 e. The van der Waals surface area contributed by atoms with Gasteiger partial charge in [0, 0.05) is 0 Å². The van der Waals surface area contributed by atoms with Crippen molar-refractivity contribution in [3.63, 3.8) is 0 Å². The summed E-state index contributed by atoms with van der Waals surface area (Å²) in [4.78, 5) is 12.0. The van der Waals surface area contributed by atoms with Crippen LogP contribution >= 0.6 is 11.3 Å². The molecule has 6 nitrogen and oxygen atoms in total. The van der Waals surface area contributed by atoms with Crippen LogP contribution in [-0.4, -0.2) is 22.7 Å². The average molecular weight is 306 g/mol. The van der Waals surface area contributed by atoms with E-state index in [-0.39, 0.29) is 11.9 Å². The Labute approximate surface area is 127 Å². The molecule has 1 aromatic carbocycles. The third kappa shape index (κ3) is 4.42. The number of nitrogens with one attached hydrogen (secondary N) is 1. The van der Waals surface area contributed by atoms with Gasteiger partial charge in [-0.3, -0.25) is 4.79 Å². The maximum absolute atomic E-state index is 12.0. The van der Waals surface area contributed by atoms with Gasteiger partial charge in [0.1, 0.15) is 10.8 Å². The molecule has 3 N–H and O–H groups in total. The number of nitrogens with zero attached hydrogens (tertiary/aromatic N) is 2. The standard InChI is InChI=1S/C14H18N4O2S/c1-3-20-11-6-4-10(5-7-11)8-12(19)16-9(2)13-17-18-14(15)21-13/h4-7,9H,3,8H2,1-2H3,(H2,15,18)(H,16,19)/t9-/m0/s1. The number of hydrogen-bond acceptors (Lipinski definition) is 6. The van der Waals surface area contributed by atoms with Crippen LogP contribution in [0.4, 0.5) is 5.13 Å². The van der Waals surface area contributed by atoms with Crippen molar-refractivity contribution < 1.29 is 9.53 Å². The predicted octanol–water partition coefficient (Wildman–Crippen LogP) is 1.94. The van der Waals surface area contributed by atoms with E-state index in [4.69, 9.17) is 10.5 Å². The number of benzene rings is 1. The molecular weight excluding hydrogens is 288 g/mol. The molecule has 0 aliphatic rings. The van der Waals surface area contributed by atoms with Gasteiger partial charge in [-0.2, -0.15) is 0 Å². The summed E-state index contributed by atoms with van der Waals surface area (Å²) in [5, 5.41) is 11.6. The number of amides is 1. The lowest BCUT2D eigenvalue weighted by atomic mass is 10.1. The maximum Gasteiger partial charge on any atom is 0.224 e. The van der Waals surface area contributed by atoms with Crippen molar-refractivity contribution in [1.82, 2.24) is 15.5 Å². The third-order valence-electron chi connectivity index (χ3n) is 2.80. The molecule has 0 radical (unpaired) electrons. The minimum absolute atomic E-state index is 0.0690. The van der Waals surface area contributed by atoms with Crippen molar-refractivity contribution in [3.8, 4) is 5.75 Å². The Morgan fingerprint density at radius 1 is 1.38 bits per heavy atom. The van der Waals surface area contributed by atoms with E-state index >= 15 is 0 Å². The highest BCUT2D eigenvalue weighted by Crippen LogP contribution is 2.19. The molecule has 21 heavy (non-hydrogen) atoms. The first-order chi connectivity index (χ1) is 10.1. The SMILES string of the molecule is CCOc1ccc(CC(=O)N[C@@H](C)c2nnc(N)s2)cc1. The second kappa shape index (κ2) is 7.03. The lowest BCUT2D eigenvalue weighted by molar-refractivity contribution is -0.121. The van der Waals surface area contributed by atoms with Crippen molar-refractivity contribution in [1.29, 1.82) is 0 Å². The van der Waals surface area contributed by atoms with E-state index in [2.05, 4.69) is 15.5 Å². The second-order valence-corrected chi connectivity index (χ2v) is 5.56. The number of anilines is 1. The first-order valence-corrected chi connectivity index (χ1v) is 7.50. The lowest BCUT2D eigenvalue weighted by Crippen LogP contribution is -2.28. The molecule has 1 amide bonds. The molecule has 0 saturated carbocycles. The summed E-state index contributed by atoms with van der Waals surface area (Å²) in [7, 11) is 0. The Morgan fingerprint density at radius 2 is 2.10 bits per heavy atom. The molecule has 1 atom stereocenters. The fourth-order valence-corrected chi connectivity index (χ4v) is 2.44. The molecular formula is C14H18N4O2S. The zero-order chi connectivity index (χ0) is 15.2. The van der Waals surface area contributed by atoms with Crippen molar-refractivity contribution in [3.05, 3.63) is 34.8 Å². The maximum atomic E-state index is 12.0. The number of ether oxygens (including phenoxy) is 1. The number of nitrogens with two attached hydrogens (primary N) is 1. The van der Waals surface area contributed by atoms with Gasteiger partial charge in [-0.1, -0.05) is 23.5 Å². The Morgan fingerprint density at radius 3 is 2.67 bits per heavy atom. The Hall–Kier alpha value is -2.15. The number of carbonyl (C=O) groups excluding carboxylic acids is 1. The normalized spacial score (nSPS) is 11.9. The monoisotopic (exact) mass is 306 g/mol. The minimum atomic E-state index is -0.199. The van der Waals surface area contributed by atoms with Crippen LogP contribution in [0.3, 0.4) is 0 Å². The topological polar surface area (TPSA) is 90.1 Å². The van der Waals surface area contributed by atoms with Crippen LogP contribution < -0.4 is 15.8 Å². The van der Waals surface area contributed by atoms with Crippen LogP contribution in [0.5, 0.6) is 5.75 Å². The Kier molecular flexibility index (Phi) is 5.10. The highest BCUT2D eigenvalue weighted by Gasteiger charge is 2.14. The van der Waals surface area contributed by atoms with Crippen LogP contribution in [0.2, 0.25) is 0 Å². The van der Waals surface area contributed by atoms with Gasteiger partial charge in [-0.05, 0) is 31.5 Å². The lowest BCUT2D eigenvalue weighted by Gasteiger charge is -2.11. The summed E-state index contributed by atoms with van der Waals surface area (Å²) in [6, 6.07) is 7.30. The molecule has 0 spiro atoms. The zero-order valence-electron chi connectivity index (χ0n) is 12.0.